The second kappa shape index (κ2) is 13.6. The van der Waals surface area contributed by atoms with Crippen molar-refractivity contribution in [2.24, 2.45) is 0 Å². The van der Waals surface area contributed by atoms with Crippen LogP contribution in [0.3, 0.4) is 0 Å². The van der Waals surface area contributed by atoms with Crippen molar-refractivity contribution in [1.82, 2.24) is 0 Å². The summed E-state index contributed by atoms with van der Waals surface area (Å²) in [6.45, 7) is 1.86. The minimum Gasteiger partial charge on any atom is -0.768 e. The monoisotopic (exact) mass is 449 g/mol. The van der Waals surface area contributed by atoms with E-state index >= 15 is 0 Å². The maximum Gasteiger partial charge on any atom is 0.0992 e. The van der Waals surface area contributed by atoms with Crippen LogP contribution in [-0.2, 0) is 22.2 Å². The molecule has 0 bridgehead atoms. The van der Waals surface area contributed by atoms with Crippen LogP contribution in [0.4, 0.5) is 0 Å². The van der Waals surface area contributed by atoms with Gasteiger partial charge in [0.1, 0.15) is 0 Å². The van der Waals surface area contributed by atoms with E-state index in [4.69, 9.17) is 15.8 Å². The number of nitrogens with zero attached hydrogens (tertiary/aromatic N) is 3. The zero-order valence-corrected chi connectivity index (χ0v) is 17.9. The molecule has 7 nitrogen and oxygen atoms in total. The Morgan fingerprint density at radius 1 is 0.645 bits per heavy atom. The molecule has 0 amide bonds. The van der Waals surface area contributed by atoms with Gasteiger partial charge in [-0.25, -0.2) is 0 Å². The molecular weight excluding hydrogens is 434 g/mol. The molecule has 2 unspecified atom stereocenters. The van der Waals surface area contributed by atoms with Gasteiger partial charge in [0, 0.05) is 9.79 Å². The van der Waals surface area contributed by atoms with E-state index in [1.807, 2.05) is 25.1 Å². The van der Waals surface area contributed by atoms with Gasteiger partial charge in [0.2, 0.25) is 0 Å². The number of nitriles is 3. The summed E-state index contributed by atoms with van der Waals surface area (Å²) in [7, 11) is 0. The SMILES string of the molecule is Cc1cc(C#N)cc(C#N)c1.N#Cc1ccc(S(=O)[O-])cc1.O=S([O-])c1ccccc1. The van der Waals surface area contributed by atoms with Crippen molar-refractivity contribution >= 4 is 22.2 Å². The molecule has 2 atom stereocenters. The van der Waals surface area contributed by atoms with Crippen LogP contribution in [0.2, 0.25) is 0 Å². The Labute approximate surface area is 185 Å². The van der Waals surface area contributed by atoms with Gasteiger partial charge in [-0.05, 0) is 89.2 Å². The van der Waals surface area contributed by atoms with E-state index in [0.29, 0.717) is 21.6 Å². The first-order valence-corrected chi connectivity index (χ1v) is 10.6. The van der Waals surface area contributed by atoms with Crippen molar-refractivity contribution in [1.29, 1.82) is 15.8 Å². The Morgan fingerprint density at radius 3 is 1.42 bits per heavy atom. The molecule has 3 rings (SSSR count). The molecular formula is C22H15N3O4S2-2. The molecule has 0 aliphatic carbocycles. The average Bonchev–Trinajstić information content (AvgIpc) is 2.80. The highest BCUT2D eigenvalue weighted by atomic mass is 32.2. The Morgan fingerprint density at radius 2 is 1.06 bits per heavy atom. The summed E-state index contributed by atoms with van der Waals surface area (Å²) in [4.78, 5) is 0.529. The molecule has 3 aromatic carbocycles. The van der Waals surface area contributed by atoms with Gasteiger partial charge in [0.05, 0.1) is 34.9 Å². The van der Waals surface area contributed by atoms with Gasteiger partial charge in [-0.1, -0.05) is 18.2 Å². The zero-order valence-electron chi connectivity index (χ0n) is 16.2. The average molecular weight is 450 g/mol. The fourth-order valence-electron chi connectivity index (χ4n) is 2.08. The summed E-state index contributed by atoms with van der Waals surface area (Å²) >= 11 is -4.28. The van der Waals surface area contributed by atoms with E-state index < -0.39 is 22.2 Å². The van der Waals surface area contributed by atoms with Crippen molar-refractivity contribution in [3.8, 4) is 18.2 Å². The Hall–Kier alpha value is -3.65. The van der Waals surface area contributed by atoms with Crippen molar-refractivity contribution in [3.63, 3.8) is 0 Å². The highest BCUT2D eigenvalue weighted by Crippen LogP contribution is 2.07. The molecule has 156 valence electrons. The van der Waals surface area contributed by atoms with Crippen molar-refractivity contribution in [2.75, 3.05) is 0 Å². The first-order valence-electron chi connectivity index (χ1n) is 8.46. The lowest BCUT2D eigenvalue weighted by Crippen LogP contribution is -1.87. The van der Waals surface area contributed by atoms with E-state index in [1.54, 1.807) is 48.5 Å². The van der Waals surface area contributed by atoms with Crippen molar-refractivity contribution < 1.29 is 17.5 Å². The Kier molecular flexibility index (Phi) is 11.1. The van der Waals surface area contributed by atoms with Gasteiger partial charge in [-0.3, -0.25) is 8.42 Å². The lowest BCUT2D eigenvalue weighted by molar-refractivity contribution is 0.535. The number of hydrogen-bond donors (Lipinski definition) is 0. The molecule has 0 heterocycles. The lowest BCUT2D eigenvalue weighted by atomic mass is 10.1. The minimum atomic E-state index is -2.20. The van der Waals surface area contributed by atoms with E-state index in [1.165, 1.54) is 24.3 Å². The van der Waals surface area contributed by atoms with Crippen LogP contribution in [0.1, 0.15) is 22.3 Å². The van der Waals surface area contributed by atoms with E-state index in [0.717, 1.165) is 5.56 Å². The first kappa shape index (κ1) is 25.4. The number of benzene rings is 3. The maximum absolute atomic E-state index is 10.3. The highest BCUT2D eigenvalue weighted by molar-refractivity contribution is 7.79. The fourth-order valence-corrected chi connectivity index (χ4v) is 2.82. The van der Waals surface area contributed by atoms with Crippen LogP contribution in [0, 0.1) is 40.9 Å². The largest absolute Gasteiger partial charge is 0.768 e. The normalized spacial score (nSPS) is 11.0. The molecule has 0 saturated heterocycles. The third kappa shape index (κ3) is 9.60. The smallest absolute Gasteiger partial charge is 0.0992 e. The van der Waals surface area contributed by atoms with Gasteiger partial charge >= 0.3 is 0 Å². The van der Waals surface area contributed by atoms with Crippen LogP contribution >= 0.6 is 0 Å². The maximum atomic E-state index is 10.3. The van der Waals surface area contributed by atoms with E-state index in [2.05, 4.69) is 0 Å². The second-order valence-corrected chi connectivity index (χ2v) is 7.61. The quantitative estimate of drug-likeness (QED) is 0.543. The Balaban J connectivity index is 0.000000234. The van der Waals surface area contributed by atoms with Gasteiger partial charge in [0.15, 0.2) is 0 Å². The number of aryl methyl sites for hydroxylation is 1. The molecule has 0 spiro atoms. The van der Waals surface area contributed by atoms with Crippen molar-refractivity contribution in [3.05, 3.63) is 95.1 Å². The second-order valence-electron chi connectivity index (χ2n) is 5.73. The lowest BCUT2D eigenvalue weighted by Gasteiger charge is -2.02. The van der Waals surface area contributed by atoms with Crippen LogP contribution in [0.5, 0.6) is 0 Å². The molecule has 0 saturated carbocycles. The number of rotatable bonds is 2. The molecule has 0 N–H and O–H groups in total. The van der Waals surface area contributed by atoms with Gasteiger partial charge in [0.25, 0.3) is 0 Å². The summed E-state index contributed by atoms with van der Waals surface area (Å²) < 4.78 is 41.0. The van der Waals surface area contributed by atoms with Gasteiger partial charge in [-0.2, -0.15) is 15.8 Å². The summed E-state index contributed by atoms with van der Waals surface area (Å²) in [6.07, 6.45) is 0. The van der Waals surface area contributed by atoms with Gasteiger partial charge < -0.3 is 9.11 Å². The standard InChI is InChI=1S/C9H6N2.C7H5NO2S.C6H6O2S/c1-7-2-8(5-10)4-9(3-7)6-11;8-5-6-1-3-7(4-2-6)11(9)10;7-9(8)6-4-2-1-3-5-6/h2-4H,1H3;1-4H,(H,9,10);1-5H,(H,7,8)/p-2. The third-order valence-electron chi connectivity index (χ3n) is 3.45. The van der Waals surface area contributed by atoms with Crippen LogP contribution in [-0.4, -0.2) is 17.5 Å². The third-order valence-corrected chi connectivity index (χ3v) is 4.76. The summed E-state index contributed by atoms with van der Waals surface area (Å²) in [6, 6.07) is 24.9. The fraction of sp³-hybridized carbons (Fsp3) is 0.0455. The molecule has 9 heteroatoms. The van der Waals surface area contributed by atoms with E-state index in [-0.39, 0.29) is 4.90 Å². The summed E-state index contributed by atoms with van der Waals surface area (Å²) in [5.74, 6) is 0. The van der Waals surface area contributed by atoms with Crippen LogP contribution in [0.15, 0.2) is 82.6 Å². The van der Waals surface area contributed by atoms with E-state index in [9.17, 15) is 17.5 Å². The molecule has 0 aromatic heterocycles. The van der Waals surface area contributed by atoms with Crippen LogP contribution in [0.25, 0.3) is 0 Å². The molecule has 3 aromatic rings. The topological polar surface area (TPSA) is 152 Å². The van der Waals surface area contributed by atoms with Crippen LogP contribution < -0.4 is 0 Å². The zero-order chi connectivity index (χ0) is 23.2. The molecule has 0 fully saturated rings. The Bertz CT molecular complexity index is 1140. The summed E-state index contributed by atoms with van der Waals surface area (Å²) in [5, 5.41) is 25.4. The van der Waals surface area contributed by atoms with Gasteiger partial charge in [-0.15, -0.1) is 0 Å². The molecule has 0 aliphatic rings. The molecule has 0 radical (unpaired) electrons. The van der Waals surface area contributed by atoms with Crippen molar-refractivity contribution in [2.45, 2.75) is 16.7 Å². The molecule has 31 heavy (non-hydrogen) atoms. The molecule has 0 aliphatic heterocycles. The minimum absolute atomic E-state index is 0.198. The summed E-state index contributed by atoms with van der Waals surface area (Å²) in [5.41, 5.74) is 2.49. The predicted octanol–water partition coefficient (Wildman–Crippen LogP) is 3.46. The predicted molar refractivity (Wildman–Crippen MR) is 113 cm³/mol. The number of hydrogen-bond acceptors (Lipinski definition) is 7. The first-order chi connectivity index (χ1) is 14.8. The highest BCUT2D eigenvalue weighted by Gasteiger charge is 1.95.